The standard InChI is InChI=1S/C18H15BrF3NO3/c1-26-17(25)15(10-12-4-2-3-5-14(12)19)23-16(24)11-6-8-13(9-7-11)18(20,21)22/h2-9,15H,10H2,1H3,(H,23,24)/t15-/m0/s1. The fourth-order valence-electron chi connectivity index (χ4n) is 2.27. The fraction of sp³-hybridized carbons (Fsp3) is 0.222. The summed E-state index contributed by atoms with van der Waals surface area (Å²) in [5, 5.41) is 2.50. The summed E-state index contributed by atoms with van der Waals surface area (Å²) in [6.45, 7) is 0. The van der Waals surface area contributed by atoms with E-state index in [0.717, 1.165) is 34.3 Å². The third kappa shape index (κ3) is 5.08. The van der Waals surface area contributed by atoms with E-state index in [2.05, 4.69) is 21.2 Å². The van der Waals surface area contributed by atoms with Crippen molar-refractivity contribution in [3.8, 4) is 0 Å². The smallest absolute Gasteiger partial charge is 0.416 e. The van der Waals surface area contributed by atoms with Crippen molar-refractivity contribution in [2.75, 3.05) is 7.11 Å². The van der Waals surface area contributed by atoms with Gasteiger partial charge in [0.05, 0.1) is 12.7 Å². The minimum Gasteiger partial charge on any atom is -0.467 e. The van der Waals surface area contributed by atoms with Gasteiger partial charge in [0.2, 0.25) is 0 Å². The Balaban J connectivity index is 2.16. The zero-order chi connectivity index (χ0) is 19.3. The van der Waals surface area contributed by atoms with Crippen molar-refractivity contribution in [1.82, 2.24) is 5.32 Å². The lowest BCUT2D eigenvalue weighted by atomic mass is 10.0. The highest BCUT2D eigenvalue weighted by atomic mass is 79.9. The molecule has 26 heavy (non-hydrogen) atoms. The van der Waals surface area contributed by atoms with Crippen LogP contribution in [0.4, 0.5) is 13.2 Å². The molecule has 0 unspecified atom stereocenters. The number of hydrogen-bond donors (Lipinski definition) is 1. The Kier molecular flexibility index (Phi) is 6.42. The third-order valence-electron chi connectivity index (χ3n) is 3.65. The second-order valence-electron chi connectivity index (χ2n) is 5.42. The summed E-state index contributed by atoms with van der Waals surface area (Å²) in [6, 6.07) is 9.94. The number of alkyl halides is 3. The normalized spacial score (nSPS) is 12.3. The SMILES string of the molecule is COC(=O)[C@H](Cc1ccccc1Br)NC(=O)c1ccc(C(F)(F)F)cc1. The van der Waals surface area contributed by atoms with Gasteiger partial charge in [-0.2, -0.15) is 13.2 Å². The molecule has 0 aliphatic heterocycles. The molecule has 0 fully saturated rings. The molecule has 2 aromatic rings. The van der Waals surface area contributed by atoms with E-state index in [-0.39, 0.29) is 12.0 Å². The minimum atomic E-state index is -4.48. The minimum absolute atomic E-state index is 0.0130. The number of amides is 1. The second kappa shape index (κ2) is 8.35. The average molecular weight is 430 g/mol. The summed E-state index contributed by atoms with van der Waals surface area (Å²) in [5.74, 6) is -1.32. The maximum Gasteiger partial charge on any atom is 0.416 e. The summed E-state index contributed by atoms with van der Waals surface area (Å²) in [6.07, 6.45) is -4.32. The van der Waals surface area contributed by atoms with E-state index in [1.54, 1.807) is 18.2 Å². The predicted octanol–water partition coefficient (Wildman–Crippen LogP) is 3.98. The van der Waals surface area contributed by atoms with Crippen molar-refractivity contribution in [2.24, 2.45) is 0 Å². The van der Waals surface area contributed by atoms with Crippen LogP contribution in [0, 0.1) is 0 Å². The number of rotatable bonds is 5. The van der Waals surface area contributed by atoms with Crippen LogP contribution in [0.2, 0.25) is 0 Å². The number of halogens is 4. The molecular formula is C18H15BrF3NO3. The zero-order valence-electron chi connectivity index (χ0n) is 13.6. The Labute approximate surface area is 156 Å². The molecule has 0 aliphatic carbocycles. The van der Waals surface area contributed by atoms with Gasteiger partial charge in [-0.15, -0.1) is 0 Å². The van der Waals surface area contributed by atoms with Gasteiger partial charge in [-0.1, -0.05) is 34.1 Å². The lowest BCUT2D eigenvalue weighted by molar-refractivity contribution is -0.142. The molecule has 1 N–H and O–H groups in total. The number of carbonyl (C=O) groups is 2. The molecule has 2 rings (SSSR count). The number of benzene rings is 2. The van der Waals surface area contributed by atoms with Crippen LogP contribution in [0.5, 0.6) is 0 Å². The van der Waals surface area contributed by atoms with E-state index < -0.39 is 29.7 Å². The summed E-state index contributed by atoms with van der Waals surface area (Å²) >= 11 is 3.36. The van der Waals surface area contributed by atoms with Crippen LogP contribution in [-0.4, -0.2) is 25.0 Å². The predicted molar refractivity (Wildman–Crippen MR) is 92.6 cm³/mol. The quantitative estimate of drug-likeness (QED) is 0.731. The Hall–Kier alpha value is -2.35. The number of ether oxygens (including phenoxy) is 1. The monoisotopic (exact) mass is 429 g/mol. The molecule has 138 valence electrons. The molecule has 0 saturated carbocycles. The molecular weight excluding hydrogens is 415 g/mol. The first-order chi connectivity index (χ1) is 12.2. The molecule has 1 amide bonds. The number of esters is 1. The van der Waals surface area contributed by atoms with Crippen molar-refractivity contribution in [3.63, 3.8) is 0 Å². The van der Waals surface area contributed by atoms with Crippen LogP contribution >= 0.6 is 15.9 Å². The van der Waals surface area contributed by atoms with Crippen LogP contribution in [0.15, 0.2) is 53.0 Å². The Bertz CT molecular complexity index is 791. The highest BCUT2D eigenvalue weighted by Crippen LogP contribution is 2.29. The van der Waals surface area contributed by atoms with E-state index in [9.17, 15) is 22.8 Å². The van der Waals surface area contributed by atoms with Gasteiger partial charge in [-0.05, 0) is 35.9 Å². The van der Waals surface area contributed by atoms with Crippen molar-refractivity contribution in [2.45, 2.75) is 18.6 Å². The molecule has 0 spiro atoms. The first kappa shape index (κ1) is 20.0. The van der Waals surface area contributed by atoms with Crippen LogP contribution in [-0.2, 0) is 22.1 Å². The molecule has 0 bridgehead atoms. The summed E-state index contributed by atoms with van der Waals surface area (Å²) in [7, 11) is 1.19. The fourth-order valence-corrected chi connectivity index (χ4v) is 2.72. The molecule has 0 aliphatic rings. The number of hydrogen-bond acceptors (Lipinski definition) is 3. The number of methoxy groups -OCH3 is 1. The Morgan fingerprint density at radius 3 is 2.27 bits per heavy atom. The van der Waals surface area contributed by atoms with Crippen molar-refractivity contribution in [1.29, 1.82) is 0 Å². The van der Waals surface area contributed by atoms with E-state index >= 15 is 0 Å². The highest BCUT2D eigenvalue weighted by Gasteiger charge is 2.30. The molecule has 0 saturated heterocycles. The highest BCUT2D eigenvalue weighted by molar-refractivity contribution is 9.10. The summed E-state index contributed by atoms with van der Waals surface area (Å²) in [4.78, 5) is 24.3. The van der Waals surface area contributed by atoms with Gasteiger partial charge in [-0.3, -0.25) is 4.79 Å². The molecule has 4 nitrogen and oxygen atoms in total. The number of nitrogens with one attached hydrogen (secondary N) is 1. The average Bonchev–Trinajstić information content (AvgIpc) is 2.61. The van der Waals surface area contributed by atoms with Crippen LogP contribution < -0.4 is 5.32 Å². The van der Waals surface area contributed by atoms with E-state index in [1.165, 1.54) is 7.11 Å². The van der Waals surface area contributed by atoms with Gasteiger partial charge in [0.25, 0.3) is 5.91 Å². The lowest BCUT2D eigenvalue weighted by Gasteiger charge is -2.17. The molecule has 1 atom stereocenters. The van der Waals surface area contributed by atoms with Gasteiger partial charge in [0.15, 0.2) is 0 Å². The van der Waals surface area contributed by atoms with Crippen molar-refractivity contribution >= 4 is 27.8 Å². The molecule has 0 aromatic heterocycles. The first-order valence-electron chi connectivity index (χ1n) is 7.51. The maximum atomic E-state index is 12.6. The first-order valence-corrected chi connectivity index (χ1v) is 8.31. The largest absolute Gasteiger partial charge is 0.467 e. The van der Waals surface area contributed by atoms with Gasteiger partial charge in [0, 0.05) is 16.5 Å². The van der Waals surface area contributed by atoms with Crippen LogP contribution in [0.25, 0.3) is 0 Å². The Morgan fingerprint density at radius 2 is 1.73 bits per heavy atom. The maximum absolute atomic E-state index is 12.6. The van der Waals surface area contributed by atoms with Gasteiger partial charge >= 0.3 is 12.1 Å². The third-order valence-corrected chi connectivity index (χ3v) is 4.42. The van der Waals surface area contributed by atoms with Crippen molar-refractivity contribution < 1.29 is 27.5 Å². The summed E-state index contributed by atoms with van der Waals surface area (Å²) in [5.41, 5.74) is -0.0681. The lowest BCUT2D eigenvalue weighted by Crippen LogP contribution is -2.43. The van der Waals surface area contributed by atoms with E-state index in [1.807, 2.05) is 6.07 Å². The van der Waals surface area contributed by atoms with E-state index in [4.69, 9.17) is 4.74 Å². The van der Waals surface area contributed by atoms with Crippen molar-refractivity contribution in [3.05, 3.63) is 69.7 Å². The van der Waals surface area contributed by atoms with E-state index in [0.29, 0.717) is 0 Å². The van der Waals surface area contributed by atoms with Gasteiger partial charge in [-0.25, -0.2) is 4.79 Å². The molecule has 0 radical (unpaired) electrons. The Morgan fingerprint density at radius 1 is 1.12 bits per heavy atom. The van der Waals surface area contributed by atoms with Crippen LogP contribution in [0.1, 0.15) is 21.5 Å². The summed E-state index contributed by atoms with van der Waals surface area (Å²) < 4.78 is 43.3. The second-order valence-corrected chi connectivity index (χ2v) is 6.27. The molecule has 2 aromatic carbocycles. The zero-order valence-corrected chi connectivity index (χ0v) is 15.2. The molecule has 8 heteroatoms. The van der Waals surface area contributed by atoms with Crippen LogP contribution in [0.3, 0.4) is 0 Å². The topological polar surface area (TPSA) is 55.4 Å². The molecule has 0 heterocycles. The van der Waals surface area contributed by atoms with Gasteiger partial charge in [0.1, 0.15) is 6.04 Å². The van der Waals surface area contributed by atoms with Gasteiger partial charge < -0.3 is 10.1 Å². The number of carbonyl (C=O) groups excluding carboxylic acids is 2.